The van der Waals surface area contributed by atoms with E-state index in [0.717, 1.165) is 26.1 Å². The molecule has 3 aliphatic heterocycles. The summed E-state index contributed by atoms with van der Waals surface area (Å²) in [6.07, 6.45) is 16.7. The van der Waals surface area contributed by atoms with Gasteiger partial charge >= 0.3 is 0 Å². The minimum atomic E-state index is -0.0681. The van der Waals surface area contributed by atoms with Crippen molar-refractivity contribution in [1.29, 1.82) is 0 Å². The van der Waals surface area contributed by atoms with E-state index in [1.165, 1.54) is 69.1 Å². The third kappa shape index (κ3) is 3.85. The molecule has 0 radical (unpaired) electrons. The number of nitrogens with one attached hydrogen (secondary N) is 1. The summed E-state index contributed by atoms with van der Waals surface area (Å²) >= 11 is 1.95. The Bertz CT molecular complexity index is 653. The summed E-state index contributed by atoms with van der Waals surface area (Å²) in [5.41, 5.74) is 4.81. The van der Waals surface area contributed by atoms with Gasteiger partial charge in [0.25, 0.3) is 0 Å². The van der Waals surface area contributed by atoms with E-state index in [1.807, 2.05) is 18.9 Å². The average Bonchev–Trinajstić information content (AvgIpc) is 2.88. The van der Waals surface area contributed by atoms with E-state index in [9.17, 15) is 0 Å². The molecule has 4 aliphatic rings. The Balaban J connectivity index is 1.51. The average molecular weight is 403 g/mol. The van der Waals surface area contributed by atoms with Crippen molar-refractivity contribution >= 4 is 11.8 Å². The summed E-state index contributed by atoms with van der Waals surface area (Å²) < 4.78 is 6.35. The molecule has 0 spiro atoms. The van der Waals surface area contributed by atoms with Crippen molar-refractivity contribution in [2.45, 2.75) is 89.2 Å². The third-order valence-corrected chi connectivity index (χ3v) is 8.35. The summed E-state index contributed by atoms with van der Waals surface area (Å²) in [5.74, 6) is 0. The van der Waals surface area contributed by atoms with Gasteiger partial charge in [-0.3, -0.25) is 0 Å². The quantitative estimate of drug-likeness (QED) is 0.496. The largest absolute Gasteiger partial charge is 0.373 e. The fourth-order valence-electron chi connectivity index (χ4n) is 5.65. The summed E-state index contributed by atoms with van der Waals surface area (Å²) in [4.78, 5) is 4.22. The first-order chi connectivity index (χ1) is 13.8. The van der Waals surface area contributed by atoms with E-state index < -0.39 is 0 Å². The van der Waals surface area contributed by atoms with Crippen molar-refractivity contribution in [3.63, 3.8) is 0 Å². The van der Waals surface area contributed by atoms with Gasteiger partial charge in [-0.15, -0.1) is 0 Å². The fraction of sp³-hybridized carbons (Fsp3) is 0.750. The molecule has 1 aliphatic carbocycles. The van der Waals surface area contributed by atoms with Crippen LogP contribution in [0.1, 0.15) is 77.6 Å². The molecule has 2 unspecified atom stereocenters. The first-order valence-corrected chi connectivity index (χ1v) is 12.5. The van der Waals surface area contributed by atoms with Crippen LogP contribution >= 0.6 is 11.8 Å². The number of allylic oxidation sites excluding steroid dienone is 1. The third-order valence-electron chi connectivity index (χ3n) is 7.22. The second kappa shape index (κ2) is 9.40. The smallest absolute Gasteiger partial charge is 0.101 e. The molecule has 0 bridgehead atoms. The maximum Gasteiger partial charge on any atom is 0.101 e. The molecule has 0 aromatic heterocycles. The van der Waals surface area contributed by atoms with E-state index in [-0.39, 0.29) is 5.60 Å². The molecule has 0 aromatic carbocycles. The number of ether oxygens (including phenoxy) is 1. The Morgan fingerprint density at radius 1 is 1.21 bits per heavy atom. The summed E-state index contributed by atoms with van der Waals surface area (Å²) in [7, 11) is 1.95. The van der Waals surface area contributed by atoms with Gasteiger partial charge in [-0.25, -0.2) is 0 Å². The molecule has 1 fully saturated rings. The van der Waals surface area contributed by atoms with E-state index in [1.54, 1.807) is 16.8 Å². The molecule has 0 saturated carbocycles. The molecule has 4 rings (SSSR count). The highest BCUT2D eigenvalue weighted by Crippen LogP contribution is 2.54. The van der Waals surface area contributed by atoms with Gasteiger partial charge in [0.2, 0.25) is 0 Å². The first-order valence-electron chi connectivity index (χ1n) is 11.6. The summed E-state index contributed by atoms with van der Waals surface area (Å²) in [6.45, 7) is 5.58. The highest BCUT2D eigenvalue weighted by atomic mass is 32.2. The predicted octanol–water partition coefficient (Wildman–Crippen LogP) is 5.75. The summed E-state index contributed by atoms with van der Waals surface area (Å²) in [5, 5.41) is 5.94. The normalized spacial score (nSPS) is 29.2. The van der Waals surface area contributed by atoms with Crippen LogP contribution < -0.4 is 5.32 Å². The van der Waals surface area contributed by atoms with Crippen LogP contribution in [0.2, 0.25) is 0 Å². The Morgan fingerprint density at radius 2 is 2.04 bits per heavy atom. The Labute approximate surface area is 176 Å². The van der Waals surface area contributed by atoms with E-state index in [2.05, 4.69) is 28.6 Å². The Kier molecular flexibility index (Phi) is 6.90. The van der Waals surface area contributed by atoms with E-state index >= 15 is 0 Å². The van der Waals surface area contributed by atoms with Crippen molar-refractivity contribution in [3.8, 4) is 0 Å². The standard InChI is InChI=1S/C24H38N2OS/c1-3-4-5-6-7-8-9-13-24(27-2)14-11-19-20-18-25-15-12-21(20)26-16-10-17-28-23(24)22(19)26/h10,17,21,25H,3-9,11-16,18H2,1-2H3. The molecule has 1 saturated heterocycles. The SMILES string of the molecule is CCCCCCCCCC1(OC)CCC2=C3CNCCC3N3CC=CSC1=C23. The predicted molar refractivity (Wildman–Crippen MR) is 120 cm³/mol. The zero-order chi connectivity index (χ0) is 19.4. The lowest BCUT2D eigenvalue weighted by Crippen LogP contribution is -2.42. The molecule has 2 atom stereocenters. The first kappa shape index (κ1) is 20.6. The van der Waals surface area contributed by atoms with Crippen LogP contribution in [0.25, 0.3) is 0 Å². The molecule has 156 valence electrons. The van der Waals surface area contributed by atoms with Crippen LogP contribution in [0.5, 0.6) is 0 Å². The molecule has 0 aromatic rings. The van der Waals surface area contributed by atoms with Crippen molar-refractivity contribution in [2.24, 2.45) is 0 Å². The van der Waals surface area contributed by atoms with Crippen LogP contribution in [-0.4, -0.2) is 43.3 Å². The molecule has 3 nitrogen and oxygen atoms in total. The second-order valence-electron chi connectivity index (χ2n) is 8.87. The number of fused-ring (bicyclic) bond motifs is 2. The topological polar surface area (TPSA) is 24.5 Å². The Morgan fingerprint density at radius 3 is 2.86 bits per heavy atom. The number of rotatable bonds is 9. The lowest BCUT2D eigenvalue weighted by atomic mass is 9.81. The van der Waals surface area contributed by atoms with Crippen molar-refractivity contribution in [2.75, 3.05) is 26.7 Å². The van der Waals surface area contributed by atoms with E-state index in [4.69, 9.17) is 4.74 Å². The minimum absolute atomic E-state index is 0.0681. The van der Waals surface area contributed by atoms with Crippen LogP contribution in [-0.2, 0) is 4.74 Å². The zero-order valence-electron chi connectivity index (χ0n) is 17.9. The lowest BCUT2D eigenvalue weighted by Gasteiger charge is -2.41. The van der Waals surface area contributed by atoms with Crippen LogP contribution in [0, 0.1) is 0 Å². The van der Waals surface area contributed by atoms with Crippen LogP contribution in [0.3, 0.4) is 0 Å². The van der Waals surface area contributed by atoms with Crippen molar-refractivity contribution in [3.05, 3.63) is 33.2 Å². The number of thioether (sulfide) groups is 1. The number of hydrogen-bond donors (Lipinski definition) is 1. The van der Waals surface area contributed by atoms with Gasteiger partial charge in [0.05, 0.1) is 11.7 Å². The highest BCUT2D eigenvalue weighted by molar-refractivity contribution is 8.06. The number of unbranched alkanes of at least 4 members (excludes halogenated alkanes) is 6. The molecular formula is C24H38N2OS. The van der Waals surface area contributed by atoms with Crippen LogP contribution in [0.15, 0.2) is 33.2 Å². The van der Waals surface area contributed by atoms with Crippen molar-refractivity contribution < 1.29 is 4.74 Å². The van der Waals surface area contributed by atoms with Gasteiger partial charge in [-0.05, 0) is 48.8 Å². The van der Waals surface area contributed by atoms with Gasteiger partial charge in [-0.1, -0.05) is 69.7 Å². The van der Waals surface area contributed by atoms with Gasteiger partial charge in [0, 0.05) is 25.1 Å². The minimum Gasteiger partial charge on any atom is -0.373 e. The number of hydrogen-bond acceptors (Lipinski definition) is 4. The molecule has 1 N–H and O–H groups in total. The zero-order valence-corrected chi connectivity index (χ0v) is 18.7. The maximum atomic E-state index is 6.35. The molecular weight excluding hydrogens is 364 g/mol. The second-order valence-corrected chi connectivity index (χ2v) is 9.79. The van der Waals surface area contributed by atoms with Crippen LogP contribution in [0.4, 0.5) is 0 Å². The fourth-order valence-corrected chi connectivity index (χ4v) is 6.82. The maximum absolute atomic E-state index is 6.35. The molecule has 3 heterocycles. The number of methoxy groups -OCH3 is 1. The number of piperidine rings is 1. The highest BCUT2D eigenvalue weighted by Gasteiger charge is 2.47. The van der Waals surface area contributed by atoms with Gasteiger partial charge in [-0.2, -0.15) is 0 Å². The molecule has 4 heteroatoms. The summed E-state index contributed by atoms with van der Waals surface area (Å²) in [6, 6.07) is 0.621. The monoisotopic (exact) mass is 402 g/mol. The van der Waals surface area contributed by atoms with E-state index in [0.29, 0.717) is 6.04 Å². The lowest BCUT2D eigenvalue weighted by molar-refractivity contribution is 0.00774. The van der Waals surface area contributed by atoms with Crippen molar-refractivity contribution in [1.82, 2.24) is 10.2 Å². The molecule has 28 heavy (non-hydrogen) atoms. The number of nitrogens with zero attached hydrogens (tertiary/aromatic N) is 1. The molecule has 0 amide bonds. The van der Waals surface area contributed by atoms with Gasteiger partial charge in [0.1, 0.15) is 5.60 Å². The Hall–Kier alpha value is -0.710. The van der Waals surface area contributed by atoms with Gasteiger partial charge < -0.3 is 15.0 Å². The van der Waals surface area contributed by atoms with Gasteiger partial charge in [0.15, 0.2) is 0 Å².